The molecule has 0 aromatic heterocycles. The van der Waals surface area contributed by atoms with Crippen LogP contribution in [0.25, 0.3) is 0 Å². The Labute approximate surface area is 289 Å². The fourth-order valence-corrected chi connectivity index (χ4v) is 8.36. The summed E-state index contributed by atoms with van der Waals surface area (Å²) in [5.41, 5.74) is -1.10. The van der Waals surface area contributed by atoms with Crippen LogP contribution in [0.3, 0.4) is 0 Å². The van der Waals surface area contributed by atoms with Gasteiger partial charge in [-0.3, -0.25) is 14.4 Å². The summed E-state index contributed by atoms with van der Waals surface area (Å²) in [7, 11) is 0. The number of benzene rings is 2. The Morgan fingerprint density at radius 2 is 1.62 bits per heavy atom. The maximum Gasteiger partial charge on any atom is 0.253 e. The molecular weight excluding hydrogens is 630 g/mol. The van der Waals surface area contributed by atoms with Crippen molar-refractivity contribution in [3.05, 3.63) is 78.9 Å². The monoisotopic (exact) mass is 677 g/mol. The van der Waals surface area contributed by atoms with Crippen molar-refractivity contribution >= 4 is 40.7 Å². The number of nitrogens with zero attached hydrogens (tertiary/aromatic N) is 3. The number of likely N-dealkylation sites (tertiary alicyclic amines) is 1. The Hall–Kier alpha value is -3.66. The highest BCUT2D eigenvalue weighted by Crippen LogP contribution is 2.66. The van der Waals surface area contributed by atoms with E-state index in [1.54, 1.807) is 51.1 Å². The molecule has 3 aliphatic rings. The van der Waals surface area contributed by atoms with Crippen molar-refractivity contribution in [3.63, 3.8) is 0 Å². The molecule has 0 aliphatic carbocycles. The summed E-state index contributed by atoms with van der Waals surface area (Å²) in [6.07, 6.45) is 4.36. The molecule has 9 nitrogen and oxygen atoms in total. The standard InChI is InChI=1S/C38H48ClN3O6/c1-8-20-40(28-16-18-29(19-17-28)47-11-4)34(44)31-32-35(45)42(30(23-43)24(5)10-3)33(38(32)22-25(6)37(31,7)48-38)36(46)41(21-9-2)27-14-12-26(39)13-15-27/h8-9,12-19,24-25,30-33,43H,1-2,10-11,20-23H2,3-7H3/t24-,25?,30-,31+,32-,33?,37-,38?/m0/s1. The number of hydrogen-bond donors (Lipinski definition) is 1. The first-order valence-corrected chi connectivity index (χ1v) is 17.3. The molecule has 1 spiro atoms. The molecule has 2 aromatic carbocycles. The molecule has 3 heterocycles. The molecule has 48 heavy (non-hydrogen) atoms. The van der Waals surface area contributed by atoms with E-state index in [1.165, 1.54) is 0 Å². The topological polar surface area (TPSA) is 99.6 Å². The van der Waals surface area contributed by atoms with E-state index in [9.17, 15) is 14.7 Å². The number of amides is 3. The molecule has 3 saturated heterocycles. The lowest BCUT2D eigenvalue weighted by Crippen LogP contribution is -2.60. The van der Waals surface area contributed by atoms with Crippen molar-refractivity contribution in [2.75, 3.05) is 36.1 Å². The summed E-state index contributed by atoms with van der Waals surface area (Å²) in [5, 5.41) is 11.3. The van der Waals surface area contributed by atoms with Crippen LogP contribution >= 0.6 is 11.6 Å². The molecule has 10 heteroatoms. The summed E-state index contributed by atoms with van der Waals surface area (Å²) < 4.78 is 12.6. The Morgan fingerprint density at radius 3 is 2.15 bits per heavy atom. The fourth-order valence-electron chi connectivity index (χ4n) is 8.23. The third-order valence-electron chi connectivity index (χ3n) is 10.9. The van der Waals surface area contributed by atoms with Gasteiger partial charge in [-0.15, -0.1) is 13.2 Å². The molecule has 5 rings (SSSR count). The highest BCUT2D eigenvalue weighted by atomic mass is 35.5. The number of aliphatic hydroxyl groups is 1. The molecule has 2 bridgehead atoms. The maximum atomic E-state index is 15.0. The quantitative estimate of drug-likeness (QED) is 0.250. The average Bonchev–Trinajstić information content (AvgIpc) is 3.59. The van der Waals surface area contributed by atoms with Crippen LogP contribution < -0.4 is 14.5 Å². The van der Waals surface area contributed by atoms with Crippen LogP contribution in [0.5, 0.6) is 5.75 Å². The van der Waals surface area contributed by atoms with Gasteiger partial charge in [0.1, 0.15) is 17.4 Å². The smallest absolute Gasteiger partial charge is 0.253 e. The number of rotatable bonds is 14. The minimum atomic E-state index is -1.30. The number of ether oxygens (including phenoxy) is 2. The van der Waals surface area contributed by atoms with E-state index in [0.29, 0.717) is 41.6 Å². The van der Waals surface area contributed by atoms with Gasteiger partial charge in [0.2, 0.25) is 11.8 Å². The molecule has 258 valence electrons. The molecule has 3 aliphatic heterocycles. The normalized spacial score (nSPS) is 28.5. The van der Waals surface area contributed by atoms with Crippen molar-refractivity contribution in [1.29, 1.82) is 0 Å². The first-order chi connectivity index (χ1) is 22.9. The first-order valence-electron chi connectivity index (χ1n) is 16.9. The van der Waals surface area contributed by atoms with Crippen LogP contribution in [0.15, 0.2) is 73.8 Å². The number of carbonyl (C=O) groups is 3. The highest BCUT2D eigenvalue weighted by molar-refractivity contribution is 6.30. The van der Waals surface area contributed by atoms with E-state index in [0.717, 1.165) is 0 Å². The van der Waals surface area contributed by atoms with Gasteiger partial charge < -0.3 is 29.3 Å². The Morgan fingerprint density at radius 1 is 1.06 bits per heavy atom. The molecule has 3 fully saturated rings. The van der Waals surface area contributed by atoms with E-state index in [-0.39, 0.29) is 49.3 Å². The summed E-state index contributed by atoms with van der Waals surface area (Å²) in [6, 6.07) is 12.4. The lowest BCUT2D eigenvalue weighted by atomic mass is 9.62. The van der Waals surface area contributed by atoms with Gasteiger partial charge in [-0.2, -0.15) is 0 Å². The van der Waals surface area contributed by atoms with Gasteiger partial charge in [-0.1, -0.05) is 50.9 Å². The van der Waals surface area contributed by atoms with Gasteiger partial charge in [0.05, 0.1) is 36.7 Å². The molecule has 8 atom stereocenters. The van der Waals surface area contributed by atoms with Crippen LogP contribution in [0.2, 0.25) is 5.02 Å². The highest BCUT2D eigenvalue weighted by Gasteiger charge is 2.80. The maximum absolute atomic E-state index is 15.0. The van der Waals surface area contributed by atoms with Crippen LogP contribution in [-0.4, -0.2) is 77.3 Å². The number of fused-ring (bicyclic) bond motifs is 1. The number of hydrogen-bond acceptors (Lipinski definition) is 6. The zero-order valence-electron chi connectivity index (χ0n) is 28.6. The van der Waals surface area contributed by atoms with E-state index in [2.05, 4.69) is 13.2 Å². The third-order valence-corrected chi connectivity index (χ3v) is 11.1. The van der Waals surface area contributed by atoms with Crippen LogP contribution in [-0.2, 0) is 19.1 Å². The molecule has 2 aromatic rings. The third kappa shape index (κ3) is 5.73. The minimum Gasteiger partial charge on any atom is -0.494 e. The molecular formula is C38H48ClN3O6. The molecule has 0 radical (unpaired) electrons. The lowest BCUT2D eigenvalue weighted by Gasteiger charge is -2.41. The molecule has 3 amide bonds. The largest absolute Gasteiger partial charge is 0.494 e. The minimum absolute atomic E-state index is 0.131. The van der Waals surface area contributed by atoms with Gasteiger partial charge in [0.25, 0.3) is 5.91 Å². The molecule has 3 unspecified atom stereocenters. The summed E-state index contributed by atoms with van der Waals surface area (Å²) in [5.74, 6) is -2.40. The van der Waals surface area contributed by atoms with Gasteiger partial charge in [-0.05, 0) is 80.6 Å². The van der Waals surface area contributed by atoms with Crippen molar-refractivity contribution in [2.24, 2.45) is 23.7 Å². The van der Waals surface area contributed by atoms with E-state index < -0.39 is 35.1 Å². The zero-order chi connectivity index (χ0) is 35.0. The Kier molecular flexibility index (Phi) is 10.4. The number of carbonyl (C=O) groups excluding carboxylic acids is 3. The predicted octanol–water partition coefficient (Wildman–Crippen LogP) is 5.89. The van der Waals surface area contributed by atoms with Crippen molar-refractivity contribution in [3.8, 4) is 5.75 Å². The average molecular weight is 678 g/mol. The number of anilines is 2. The van der Waals surface area contributed by atoms with Crippen molar-refractivity contribution in [2.45, 2.75) is 70.7 Å². The number of aliphatic hydroxyl groups excluding tert-OH is 1. The van der Waals surface area contributed by atoms with Gasteiger partial charge in [-0.25, -0.2) is 0 Å². The summed E-state index contributed by atoms with van der Waals surface area (Å²) in [4.78, 5) is 49.7. The second-order valence-electron chi connectivity index (χ2n) is 13.5. The molecule has 1 N–H and O–H groups in total. The fraction of sp³-hybridized carbons (Fsp3) is 0.500. The second kappa shape index (κ2) is 14.1. The Bertz CT molecular complexity index is 1530. The Balaban J connectivity index is 1.65. The van der Waals surface area contributed by atoms with Crippen molar-refractivity contribution in [1.82, 2.24) is 4.90 Å². The van der Waals surface area contributed by atoms with Gasteiger partial charge in [0.15, 0.2) is 0 Å². The number of halogens is 1. The second-order valence-corrected chi connectivity index (χ2v) is 13.9. The van der Waals surface area contributed by atoms with Crippen molar-refractivity contribution < 1.29 is 29.0 Å². The van der Waals surface area contributed by atoms with Crippen LogP contribution in [0.4, 0.5) is 11.4 Å². The van der Waals surface area contributed by atoms with E-state index in [4.69, 9.17) is 21.1 Å². The lowest BCUT2D eigenvalue weighted by molar-refractivity contribution is -0.150. The summed E-state index contributed by atoms with van der Waals surface area (Å²) in [6.45, 7) is 18.1. The van der Waals surface area contributed by atoms with Crippen LogP contribution in [0.1, 0.15) is 47.5 Å². The first kappa shape index (κ1) is 35.6. The predicted molar refractivity (Wildman–Crippen MR) is 188 cm³/mol. The van der Waals surface area contributed by atoms with E-state index >= 15 is 4.79 Å². The van der Waals surface area contributed by atoms with Gasteiger partial charge in [0, 0.05) is 29.5 Å². The SMILES string of the molecule is C=CCN(C(=O)C1N([C@@H](CO)[C@@H](C)CC)C(=O)[C@@H]2[C@H](C(=O)N(CC=C)c3ccc(OCC)cc3)[C@@]3(C)OC12CC3C)c1ccc(Cl)cc1. The van der Waals surface area contributed by atoms with Gasteiger partial charge >= 0.3 is 0 Å². The molecule has 0 saturated carbocycles. The summed E-state index contributed by atoms with van der Waals surface area (Å²) >= 11 is 6.20. The zero-order valence-corrected chi connectivity index (χ0v) is 29.4. The van der Waals surface area contributed by atoms with E-state index in [1.807, 2.05) is 58.9 Å². The van der Waals surface area contributed by atoms with Crippen LogP contribution in [0, 0.1) is 23.7 Å².